The third kappa shape index (κ3) is 7.27. The molecule has 0 saturated heterocycles. The van der Waals surface area contributed by atoms with Gasteiger partial charge in [0.1, 0.15) is 6.29 Å². The van der Waals surface area contributed by atoms with E-state index in [9.17, 15) is 4.79 Å². The predicted octanol–water partition coefficient (Wildman–Crippen LogP) is 1.78. The summed E-state index contributed by atoms with van der Waals surface area (Å²) in [4.78, 5) is 9.78. The molecule has 0 aliphatic carbocycles. The first-order chi connectivity index (χ1) is 4.41. The Labute approximate surface area is 55.0 Å². The summed E-state index contributed by atoms with van der Waals surface area (Å²) in [5.74, 6) is 0. The van der Waals surface area contributed by atoms with E-state index in [1.165, 1.54) is 0 Å². The Bertz CT molecular complexity index is 73.1. The summed E-state index contributed by atoms with van der Waals surface area (Å²) >= 11 is 0. The molecule has 0 aromatic rings. The summed E-state index contributed by atoms with van der Waals surface area (Å²) in [5.41, 5.74) is 6.44. The standard InChI is InChI=1S/C6H12N2O/c7-8-5-3-1-2-4-6-9/h6-7H,1-5H2. The van der Waals surface area contributed by atoms with Crippen LogP contribution < -0.4 is 0 Å². The molecular formula is C6H12N2O. The second kappa shape index (κ2) is 7.27. The van der Waals surface area contributed by atoms with Gasteiger partial charge in [-0.05, 0) is 12.8 Å². The second-order valence-electron chi connectivity index (χ2n) is 1.90. The van der Waals surface area contributed by atoms with Crippen molar-refractivity contribution in [3.05, 3.63) is 0 Å². The molecule has 0 atom stereocenters. The topological polar surface area (TPSA) is 53.3 Å². The summed E-state index contributed by atoms with van der Waals surface area (Å²) in [6.45, 7) is 0.610. The van der Waals surface area contributed by atoms with Crippen LogP contribution in [0.4, 0.5) is 0 Å². The summed E-state index contributed by atoms with van der Waals surface area (Å²) in [5, 5.41) is 3.19. The lowest BCUT2D eigenvalue weighted by Gasteiger charge is -1.90. The molecule has 3 heteroatoms. The quantitative estimate of drug-likeness (QED) is 0.331. The molecule has 0 amide bonds. The SMILES string of the molecule is N=NCCCCCC=O. The van der Waals surface area contributed by atoms with Crippen molar-refractivity contribution in [2.24, 2.45) is 5.11 Å². The maximum Gasteiger partial charge on any atom is 0.119 e. The van der Waals surface area contributed by atoms with Crippen molar-refractivity contribution in [1.82, 2.24) is 0 Å². The zero-order valence-corrected chi connectivity index (χ0v) is 5.47. The van der Waals surface area contributed by atoms with E-state index in [0.29, 0.717) is 13.0 Å². The highest BCUT2D eigenvalue weighted by Gasteiger charge is 1.85. The molecule has 0 spiro atoms. The van der Waals surface area contributed by atoms with Gasteiger partial charge in [-0.1, -0.05) is 6.42 Å². The average molecular weight is 128 g/mol. The molecule has 0 aromatic heterocycles. The van der Waals surface area contributed by atoms with Crippen molar-refractivity contribution in [1.29, 1.82) is 5.53 Å². The van der Waals surface area contributed by atoms with Gasteiger partial charge in [0.05, 0.1) is 6.54 Å². The van der Waals surface area contributed by atoms with Crippen LogP contribution in [0.2, 0.25) is 0 Å². The number of rotatable bonds is 6. The van der Waals surface area contributed by atoms with Gasteiger partial charge in [0, 0.05) is 6.42 Å². The Morgan fingerprint density at radius 3 is 2.67 bits per heavy atom. The van der Waals surface area contributed by atoms with Crippen LogP contribution in [0.1, 0.15) is 25.7 Å². The number of aldehydes is 1. The van der Waals surface area contributed by atoms with E-state index in [-0.39, 0.29) is 0 Å². The third-order valence-electron chi connectivity index (χ3n) is 1.09. The zero-order chi connectivity index (χ0) is 6.95. The first-order valence-corrected chi connectivity index (χ1v) is 3.18. The number of hydrogen-bond donors (Lipinski definition) is 1. The summed E-state index contributed by atoms with van der Waals surface area (Å²) in [7, 11) is 0. The number of hydrogen-bond acceptors (Lipinski definition) is 3. The van der Waals surface area contributed by atoms with E-state index >= 15 is 0 Å². The van der Waals surface area contributed by atoms with Crippen LogP contribution in [0.25, 0.3) is 0 Å². The van der Waals surface area contributed by atoms with Crippen molar-refractivity contribution < 1.29 is 4.79 Å². The van der Waals surface area contributed by atoms with Crippen molar-refractivity contribution in [3.8, 4) is 0 Å². The molecule has 0 aliphatic heterocycles. The van der Waals surface area contributed by atoms with E-state index < -0.39 is 0 Å². The summed E-state index contributed by atoms with van der Waals surface area (Å²) in [6.07, 6.45) is 4.48. The number of nitrogens with zero attached hydrogens (tertiary/aromatic N) is 1. The fourth-order valence-corrected chi connectivity index (χ4v) is 0.595. The largest absolute Gasteiger partial charge is 0.303 e. The number of unbranched alkanes of at least 4 members (excludes halogenated alkanes) is 3. The Kier molecular flexibility index (Phi) is 6.68. The maximum absolute atomic E-state index is 9.78. The van der Waals surface area contributed by atoms with Crippen LogP contribution in [0.5, 0.6) is 0 Å². The molecule has 0 bridgehead atoms. The minimum atomic E-state index is 0.610. The van der Waals surface area contributed by atoms with Crippen LogP contribution in [-0.2, 0) is 4.79 Å². The molecule has 0 aliphatic rings. The van der Waals surface area contributed by atoms with Gasteiger partial charge in [0.15, 0.2) is 0 Å². The number of carbonyl (C=O) groups is 1. The third-order valence-corrected chi connectivity index (χ3v) is 1.09. The van der Waals surface area contributed by atoms with E-state index in [0.717, 1.165) is 25.5 Å². The van der Waals surface area contributed by atoms with Gasteiger partial charge in [-0.15, -0.1) is 0 Å². The van der Waals surface area contributed by atoms with Gasteiger partial charge in [-0.3, -0.25) is 0 Å². The van der Waals surface area contributed by atoms with E-state index in [2.05, 4.69) is 5.11 Å². The van der Waals surface area contributed by atoms with Crippen LogP contribution in [-0.4, -0.2) is 12.8 Å². The van der Waals surface area contributed by atoms with Crippen LogP contribution in [0, 0.1) is 5.53 Å². The Hall–Kier alpha value is -0.730. The van der Waals surface area contributed by atoms with E-state index in [1.54, 1.807) is 0 Å². The molecule has 0 rings (SSSR count). The first-order valence-electron chi connectivity index (χ1n) is 3.18. The van der Waals surface area contributed by atoms with Gasteiger partial charge >= 0.3 is 0 Å². The van der Waals surface area contributed by atoms with Crippen molar-refractivity contribution in [3.63, 3.8) is 0 Å². The lowest BCUT2D eigenvalue weighted by atomic mass is 10.2. The van der Waals surface area contributed by atoms with Gasteiger partial charge in [0.25, 0.3) is 0 Å². The van der Waals surface area contributed by atoms with Gasteiger partial charge in [-0.2, -0.15) is 5.11 Å². The molecule has 9 heavy (non-hydrogen) atoms. The van der Waals surface area contributed by atoms with Crippen molar-refractivity contribution in [2.75, 3.05) is 6.54 Å². The molecule has 0 fully saturated rings. The highest BCUT2D eigenvalue weighted by molar-refractivity contribution is 5.48. The second-order valence-corrected chi connectivity index (χ2v) is 1.90. The van der Waals surface area contributed by atoms with Gasteiger partial charge in [-0.25, -0.2) is 5.53 Å². The fourth-order valence-electron chi connectivity index (χ4n) is 0.595. The van der Waals surface area contributed by atoms with Crippen LogP contribution >= 0.6 is 0 Å². The molecule has 0 heterocycles. The van der Waals surface area contributed by atoms with Gasteiger partial charge < -0.3 is 4.79 Å². The van der Waals surface area contributed by atoms with E-state index in [4.69, 9.17) is 5.53 Å². The highest BCUT2D eigenvalue weighted by Crippen LogP contribution is 1.96. The van der Waals surface area contributed by atoms with Crippen molar-refractivity contribution in [2.45, 2.75) is 25.7 Å². The molecule has 0 unspecified atom stereocenters. The smallest absolute Gasteiger partial charge is 0.119 e. The average Bonchev–Trinajstić information content (AvgIpc) is 1.89. The first kappa shape index (κ1) is 8.27. The zero-order valence-electron chi connectivity index (χ0n) is 5.47. The lowest BCUT2D eigenvalue weighted by molar-refractivity contribution is -0.107. The van der Waals surface area contributed by atoms with Crippen LogP contribution in [0.15, 0.2) is 5.11 Å². The molecule has 0 saturated carbocycles. The normalized spacial score (nSPS) is 8.89. The Morgan fingerprint density at radius 2 is 2.11 bits per heavy atom. The molecule has 52 valence electrons. The molecule has 0 radical (unpaired) electrons. The van der Waals surface area contributed by atoms with Gasteiger partial charge in [0.2, 0.25) is 0 Å². The molecule has 3 nitrogen and oxygen atoms in total. The number of carbonyl (C=O) groups excluding carboxylic acids is 1. The Balaban J connectivity index is 2.74. The van der Waals surface area contributed by atoms with Crippen LogP contribution in [0.3, 0.4) is 0 Å². The molecular weight excluding hydrogens is 116 g/mol. The fraction of sp³-hybridized carbons (Fsp3) is 0.833. The van der Waals surface area contributed by atoms with E-state index in [1.807, 2.05) is 0 Å². The summed E-state index contributed by atoms with van der Waals surface area (Å²) < 4.78 is 0. The number of nitrogens with one attached hydrogen (secondary N) is 1. The highest BCUT2D eigenvalue weighted by atomic mass is 16.1. The summed E-state index contributed by atoms with van der Waals surface area (Å²) in [6, 6.07) is 0. The lowest BCUT2D eigenvalue weighted by Crippen LogP contribution is -1.81. The predicted molar refractivity (Wildman–Crippen MR) is 34.5 cm³/mol. The minimum absolute atomic E-state index is 0.610. The minimum Gasteiger partial charge on any atom is -0.303 e. The molecule has 1 N–H and O–H groups in total. The Morgan fingerprint density at radius 1 is 1.33 bits per heavy atom. The maximum atomic E-state index is 9.78. The van der Waals surface area contributed by atoms with Crippen molar-refractivity contribution >= 4 is 6.29 Å². The monoisotopic (exact) mass is 128 g/mol. The molecule has 0 aromatic carbocycles.